The van der Waals surface area contributed by atoms with Crippen molar-refractivity contribution in [3.8, 4) is 17.3 Å². The van der Waals surface area contributed by atoms with Crippen LogP contribution in [-0.4, -0.2) is 33.0 Å². The summed E-state index contributed by atoms with van der Waals surface area (Å²) >= 11 is 0. The Bertz CT molecular complexity index is 1340. The van der Waals surface area contributed by atoms with Gasteiger partial charge in [0.1, 0.15) is 11.4 Å². The number of aromatic nitrogens is 4. The molecule has 9 heteroatoms. The van der Waals surface area contributed by atoms with Gasteiger partial charge in [-0.05, 0) is 55.2 Å². The van der Waals surface area contributed by atoms with Crippen LogP contribution in [0.2, 0.25) is 0 Å². The van der Waals surface area contributed by atoms with Crippen LogP contribution in [0.15, 0.2) is 59.1 Å². The smallest absolute Gasteiger partial charge is 0.337 e. The monoisotopic (exact) mass is 450 g/mol. The van der Waals surface area contributed by atoms with E-state index in [0.717, 1.165) is 24.0 Å². The van der Waals surface area contributed by atoms with E-state index in [-0.39, 0.29) is 22.6 Å². The number of esters is 1. The van der Waals surface area contributed by atoms with Gasteiger partial charge in [-0.15, -0.1) is 0 Å². The van der Waals surface area contributed by atoms with Crippen LogP contribution in [0.1, 0.15) is 52.3 Å². The van der Waals surface area contributed by atoms with Crippen molar-refractivity contribution >= 4 is 5.97 Å². The molecule has 0 aliphatic heterocycles. The van der Waals surface area contributed by atoms with E-state index in [1.807, 2.05) is 25.1 Å². The number of carbonyl (C=O) groups is 1. The number of nitrogens with zero attached hydrogens (tertiary/aromatic N) is 4. The minimum Gasteiger partial charge on any atom is -0.465 e. The molecule has 1 saturated carbocycles. The standard InChI is InChI=1S/C24H20F2N4O3/c1-14-6-3-4-9-17(14)24(10-11-24)23-27-21(33-29-23)19-13-18(20(25)26)28-30(19)16-8-5-7-15(12-16)22(31)32-2/h3-9,12-13,20H,10-11H2,1-2H3. The van der Waals surface area contributed by atoms with Gasteiger partial charge in [0, 0.05) is 0 Å². The van der Waals surface area contributed by atoms with E-state index in [2.05, 4.69) is 21.3 Å². The zero-order chi connectivity index (χ0) is 23.2. The molecule has 0 atom stereocenters. The maximum Gasteiger partial charge on any atom is 0.337 e. The summed E-state index contributed by atoms with van der Waals surface area (Å²) in [7, 11) is 1.27. The molecule has 1 aliphatic carbocycles. The minimum absolute atomic E-state index is 0.0766. The largest absolute Gasteiger partial charge is 0.465 e. The van der Waals surface area contributed by atoms with Gasteiger partial charge in [0.05, 0.1) is 23.8 Å². The van der Waals surface area contributed by atoms with Crippen LogP contribution < -0.4 is 0 Å². The highest BCUT2D eigenvalue weighted by molar-refractivity contribution is 5.90. The first-order valence-electron chi connectivity index (χ1n) is 10.4. The van der Waals surface area contributed by atoms with Gasteiger partial charge in [-0.3, -0.25) is 0 Å². The van der Waals surface area contributed by atoms with Crippen molar-refractivity contribution in [3.05, 3.63) is 82.8 Å². The molecule has 0 saturated heterocycles. The van der Waals surface area contributed by atoms with Crippen molar-refractivity contribution in [2.45, 2.75) is 31.6 Å². The first kappa shape index (κ1) is 21.0. The first-order chi connectivity index (χ1) is 15.9. The molecule has 0 unspecified atom stereocenters. The number of carbonyl (C=O) groups excluding carboxylic acids is 1. The number of benzene rings is 2. The fraction of sp³-hybridized carbons (Fsp3) is 0.250. The predicted octanol–water partition coefficient (Wildman–Crippen LogP) is 5.03. The molecule has 168 valence electrons. The van der Waals surface area contributed by atoms with Gasteiger partial charge in [-0.1, -0.05) is 35.5 Å². The second-order valence-electron chi connectivity index (χ2n) is 8.03. The summed E-state index contributed by atoms with van der Waals surface area (Å²) < 4.78 is 38.6. The average Bonchev–Trinajstić information content (AvgIpc) is 3.26. The van der Waals surface area contributed by atoms with Gasteiger partial charge in [-0.25, -0.2) is 18.3 Å². The quantitative estimate of drug-likeness (QED) is 0.383. The number of ether oxygens (including phenoxy) is 1. The molecule has 0 radical (unpaired) electrons. The second-order valence-corrected chi connectivity index (χ2v) is 8.03. The lowest BCUT2D eigenvalue weighted by atomic mass is 9.91. The van der Waals surface area contributed by atoms with Crippen LogP contribution in [0.4, 0.5) is 8.78 Å². The van der Waals surface area contributed by atoms with Gasteiger partial charge < -0.3 is 9.26 Å². The molecule has 0 N–H and O–H groups in total. The van der Waals surface area contributed by atoms with Crippen molar-refractivity contribution in [3.63, 3.8) is 0 Å². The molecule has 4 aromatic rings. The molecular weight excluding hydrogens is 430 g/mol. The molecule has 0 bridgehead atoms. The fourth-order valence-corrected chi connectivity index (χ4v) is 4.11. The number of hydrogen-bond donors (Lipinski definition) is 0. The molecule has 33 heavy (non-hydrogen) atoms. The number of halogens is 2. The summed E-state index contributed by atoms with van der Waals surface area (Å²) in [4.78, 5) is 16.5. The van der Waals surface area contributed by atoms with Crippen LogP contribution in [0.25, 0.3) is 17.3 Å². The molecule has 0 amide bonds. The maximum atomic E-state index is 13.5. The highest BCUT2D eigenvalue weighted by Crippen LogP contribution is 2.53. The van der Waals surface area contributed by atoms with E-state index in [9.17, 15) is 13.6 Å². The Morgan fingerprint density at radius 1 is 1.15 bits per heavy atom. The molecule has 2 aromatic carbocycles. The highest BCUT2D eigenvalue weighted by Gasteiger charge is 2.50. The van der Waals surface area contributed by atoms with E-state index < -0.39 is 18.1 Å². The van der Waals surface area contributed by atoms with E-state index in [0.29, 0.717) is 11.5 Å². The van der Waals surface area contributed by atoms with Crippen molar-refractivity contribution in [1.29, 1.82) is 0 Å². The summed E-state index contributed by atoms with van der Waals surface area (Å²) in [5.41, 5.74) is 2.35. The SMILES string of the molecule is COC(=O)c1cccc(-n2nc(C(F)F)cc2-c2nc(C3(c4ccccc4C)CC3)no2)c1. The zero-order valence-corrected chi connectivity index (χ0v) is 18.0. The summed E-state index contributed by atoms with van der Waals surface area (Å²) in [6.07, 6.45) is -1.04. The number of hydrogen-bond acceptors (Lipinski definition) is 6. The lowest BCUT2D eigenvalue weighted by molar-refractivity contribution is 0.0600. The van der Waals surface area contributed by atoms with Crippen molar-refractivity contribution in [2.75, 3.05) is 7.11 Å². The van der Waals surface area contributed by atoms with Crippen molar-refractivity contribution in [1.82, 2.24) is 19.9 Å². The second kappa shape index (κ2) is 7.91. The Hall–Kier alpha value is -3.88. The lowest BCUT2D eigenvalue weighted by Gasteiger charge is -2.13. The van der Waals surface area contributed by atoms with E-state index in [1.54, 1.807) is 18.2 Å². The third-order valence-corrected chi connectivity index (χ3v) is 5.95. The van der Waals surface area contributed by atoms with Crippen molar-refractivity contribution in [2.24, 2.45) is 0 Å². The highest BCUT2D eigenvalue weighted by atomic mass is 19.3. The molecule has 2 heterocycles. The van der Waals surface area contributed by atoms with Gasteiger partial charge in [0.15, 0.2) is 5.82 Å². The summed E-state index contributed by atoms with van der Waals surface area (Å²) in [5.74, 6) is 0.0443. The van der Waals surface area contributed by atoms with Gasteiger partial charge in [-0.2, -0.15) is 10.1 Å². The predicted molar refractivity (Wildman–Crippen MR) is 114 cm³/mol. The minimum atomic E-state index is -2.79. The van der Waals surface area contributed by atoms with Crippen molar-refractivity contribution < 1.29 is 22.8 Å². The van der Waals surface area contributed by atoms with Gasteiger partial charge in [0.25, 0.3) is 12.3 Å². The van der Waals surface area contributed by atoms with Crippen LogP contribution >= 0.6 is 0 Å². The normalized spacial score (nSPS) is 14.5. The number of rotatable bonds is 6. The van der Waals surface area contributed by atoms with E-state index in [4.69, 9.17) is 9.26 Å². The number of alkyl halides is 2. The Morgan fingerprint density at radius 2 is 1.94 bits per heavy atom. The summed E-state index contributed by atoms with van der Waals surface area (Å²) in [6, 6.07) is 15.6. The Kier molecular flexibility index (Phi) is 5.03. The van der Waals surface area contributed by atoms with E-state index >= 15 is 0 Å². The van der Waals surface area contributed by atoms with Gasteiger partial charge >= 0.3 is 5.97 Å². The number of methoxy groups -OCH3 is 1. The molecule has 2 aromatic heterocycles. The molecule has 0 spiro atoms. The summed E-state index contributed by atoms with van der Waals surface area (Å²) in [6.45, 7) is 2.04. The molecular formula is C24H20F2N4O3. The van der Waals surface area contributed by atoms with Crippen LogP contribution in [0.5, 0.6) is 0 Å². The Balaban J connectivity index is 1.58. The Morgan fingerprint density at radius 3 is 2.64 bits per heavy atom. The molecule has 1 fully saturated rings. The fourth-order valence-electron chi connectivity index (χ4n) is 4.11. The third-order valence-electron chi connectivity index (χ3n) is 5.95. The maximum absolute atomic E-state index is 13.5. The molecule has 5 rings (SSSR count). The third kappa shape index (κ3) is 3.59. The number of aryl methyl sites for hydroxylation is 1. The van der Waals surface area contributed by atoms with Crippen LogP contribution in [0, 0.1) is 6.92 Å². The topological polar surface area (TPSA) is 83.0 Å². The molecule has 1 aliphatic rings. The van der Waals surface area contributed by atoms with E-state index in [1.165, 1.54) is 23.9 Å². The van der Waals surface area contributed by atoms with Gasteiger partial charge in [0.2, 0.25) is 0 Å². The zero-order valence-electron chi connectivity index (χ0n) is 18.0. The summed E-state index contributed by atoms with van der Waals surface area (Å²) in [5, 5.41) is 8.23. The first-order valence-corrected chi connectivity index (χ1v) is 10.4. The molecule has 7 nitrogen and oxygen atoms in total. The van der Waals surface area contributed by atoms with Crippen LogP contribution in [0.3, 0.4) is 0 Å². The van der Waals surface area contributed by atoms with Crippen LogP contribution in [-0.2, 0) is 10.2 Å². The lowest BCUT2D eigenvalue weighted by Crippen LogP contribution is -2.12. The average molecular weight is 450 g/mol. The Labute approximate surface area is 188 Å².